The SMILES string of the molecule is CN(CCOCCN(C)S(=O)(=O)C(F)(F)C(F)(F)C(F)(F)C(F)(F)F)S(=O)(=O)C(F)(F)C(F)(F)C(F)(F)C(F)(F)F. The first-order chi connectivity index (χ1) is 17.5. The maximum absolute atomic E-state index is 13.7. The van der Waals surface area contributed by atoms with Gasteiger partial charge >= 0.3 is 46.6 Å². The fourth-order valence-electron chi connectivity index (χ4n) is 2.17. The second-order valence-electron chi connectivity index (χ2n) is 7.59. The predicted octanol–water partition coefficient (Wildman–Crippen LogP) is 4.38. The Morgan fingerprint density at radius 1 is 0.463 bits per heavy atom. The van der Waals surface area contributed by atoms with Gasteiger partial charge in [-0.15, -0.1) is 0 Å². The van der Waals surface area contributed by atoms with Crippen molar-refractivity contribution in [3.05, 3.63) is 0 Å². The minimum absolute atomic E-state index is 0.0888. The standard InChI is InChI=1S/C14H14F18N2O5S2/c1-33(40(35,36)13(29,30)9(19,20)7(15,16)11(23,24)25)3-5-39-6-4-34(2)41(37,38)14(31,32)10(21,22)8(17,18)12(26,27)28/h3-6H2,1-2H3. The third-order valence-electron chi connectivity index (χ3n) is 4.80. The van der Waals surface area contributed by atoms with E-state index in [1.165, 1.54) is 0 Å². The Morgan fingerprint density at radius 2 is 0.683 bits per heavy atom. The fourth-order valence-corrected chi connectivity index (χ4v) is 4.48. The van der Waals surface area contributed by atoms with Crippen LogP contribution < -0.4 is 0 Å². The van der Waals surface area contributed by atoms with Crippen molar-refractivity contribution >= 4 is 20.0 Å². The van der Waals surface area contributed by atoms with Gasteiger partial charge in [-0.3, -0.25) is 0 Å². The van der Waals surface area contributed by atoms with Gasteiger partial charge in [0.15, 0.2) is 0 Å². The zero-order chi connectivity index (χ0) is 33.7. The molecule has 0 aliphatic rings. The Balaban J connectivity index is 5.53. The molecule has 7 nitrogen and oxygen atoms in total. The van der Waals surface area contributed by atoms with E-state index in [9.17, 15) is 95.9 Å². The third-order valence-corrected chi connectivity index (χ3v) is 8.62. The largest absolute Gasteiger partial charge is 0.460 e. The van der Waals surface area contributed by atoms with Crippen molar-refractivity contribution in [2.45, 2.75) is 46.6 Å². The van der Waals surface area contributed by atoms with Crippen LogP contribution in [0.2, 0.25) is 0 Å². The van der Waals surface area contributed by atoms with Crippen molar-refractivity contribution in [2.24, 2.45) is 0 Å². The lowest BCUT2D eigenvalue weighted by Crippen LogP contribution is -2.65. The smallest absolute Gasteiger partial charge is 0.379 e. The topological polar surface area (TPSA) is 84.0 Å². The zero-order valence-electron chi connectivity index (χ0n) is 19.4. The monoisotopic (exact) mass is 696 g/mol. The number of likely N-dealkylation sites (N-methyl/N-ethyl adjacent to an activating group) is 2. The van der Waals surface area contributed by atoms with Crippen LogP contribution in [-0.4, -0.2) is 112 Å². The number of sulfonamides is 2. The number of hydrogen-bond donors (Lipinski definition) is 0. The molecule has 0 saturated carbocycles. The van der Waals surface area contributed by atoms with E-state index < -0.39 is 102 Å². The molecule has 41 heavy (non-hydrogen) atoms. The maximum atomic E-state index is 13.7. The van der Waals surface area contributed by atoms with Crippen LogP contribution in [0.15, 0.2) is 0 Å². The lowest BCUT2D eigenvalue weighted by molar-refractivity contribution is -0.382. The fraction of sp³-hybridized carbons (Fsp3) is 1.00. The van der Waals surface area contributed by atoms with Gasteiger partial charge < -0.3 is 4.74 Å². The Kier molecular flexibility index (Phi) is 10.8. The van der Waals surface area contributed by atoms with Crippen LogP contribution >= 0.6 is 0 Å². The number of hydrogen-bond acceptors (Lipinski definition) is 5. The van der Waals surface area contributed by atoms with Crippen molar-refractivity contribution in [1.29, 1.82) is 0 Å². The number of halogens is 18. The van der Waals surface area contributed by atoms with Crippen molar-refractivity contribution in [1.82, 2.24) is 8.61 Å². The van der Waals surface area contributed by atoms with Gasteiger partial charge in [-0.2, -0.15) is 87.6 Å². The molecule has 0 heterocycles. The van der Waals surface area contributed by atoms with E-state index in [0.29, 0.717) is 0 Å². The average Bonchev–Trinajstić information content (AvgIpc) is 2.75. The Labute approximate surface area is 217 Å². The molecule has 0 unspecified atom stereocenters. The summed E-state index contributed by atoms with van der Waals surface area (Å²) in [6.45, 7) is -6.12. The first-order valence-electron chi connectivity index (χ1n) is 9.45. The summed E-state index contributed by atoms with van der Waals surface area (Å²) in [5.41, 5.74) is 0. The summed E-state index contributed by atoms with van der Waals surface area (Å²) in [7, 11) is -14.4. The molecule has 0 rings (SSSR count). The van der Waals surface area contributed by atoms with Crippen LogP contribution in [-0.2, 0) is 24.8 Å². The molecule has 0 aromatic rings. The van der Waals surface area contributed by atoms with E-state index in [4.69, 9.17) is 0 Å². The van der Waals surface area contributed by atoms with Gasteiger partial charge in [-0.1, -0.05) is 0 Å². The summed E-state index contributed by atoms with van der Waals surface area (Å²) in [6.07, 6.45) is -14.7. The van der Waals surface area contributed by atoms with Gasteiger partial charge in [0.25, 0.3) is 20.0 Å². The van der Waals surface area contributed by atoms with Crippen molar-refractivity contribution in [3.8, 4) is 0 Å². The van der Waals surface area contributed by atoms with E-state index in [0.717, 1.165) is 0 Å². The highest BCUT2D eigenvalue weighted by Crippen LogP contribution is 2.56. The lowest BCUT2D eigenvalue weighted by Gasteiger charge is -2.35. The molecule has 0 aliphatic heterocycles. The number of rotatable bonds is 14. The summed E-state index contributed by atoms with van der Waals surface area (Å²) in [5.74, 6) is -30.4. The minimum Gasteiger partial charge on any atom is -0.379 e. The lowest BCUT2D eigenvalue weighted by atomic mass is 10.1. The molecule has 0 atom stereocenters. The van der Waals surface area contributed by atoms with E-state index >= 15 is 0 Å². The van der Waals surface area contributed by atoms with E-state index in [1.54, 1.807) is 0 Å². The molecule has 0 fully saturated rings. The Bertz CT molecular complexity index is 1050. The highest BCUT2D eigenvalue weighted by Gasteiger charge is 2.86. The second-order valence-corrected chi connectivity index (χ2v) is 11.8. The van der Waals surface area contributed by atoms with E-state index in [2.05, 4.69) is 4.74 Å². The average molecular weight is 696 g/mol. The highest BCUT2D eigenvalue weighted by molar-refractivity contribution is 7.90. The van der Waals surface area contributed by atoms with Gasteiger partial charge in [-0.25, -0.2) is 16.8 Å². The highest BCUT2D eigenvalue weighted by atomic mass is 32.2. The second kappa shape index (κ2) is 11.2. The Morgan fingerprint density at radius 3 is 0.878 bits per heavy atom. The predicted molar refractivity (Wildman–Crippen MR) is 95.7 cm³/mol. The molecule has 0 aliphatic carbocycles. The molecular weight excluding hydrogens is 682 g/mol. The molecular formula is C14H14F18N2O5S2. The van der Waals surface area contributed by atoms with Gasteiger partial charge in [0, 0.05) is 27.2 Å². The number of ether oxygens (including phenoxy) is 1. The Hall–Kier alpha value is -1.48. The third kappa shape index (κ3) is 6.27. The van der Waals surface area contributed by atoms with Crippen LogP contribution in [0.25, 0.3) is 0 Å². The molecule has 0 spiro atoms. The molecule has 0 N–H and O–H groups in total. The first kappa shape index (κ1) is 39.5. The van der Waals surface area contributed by atoms with E-state index in [1.807, 2.05) is 0 Å². The summed E-state index contributed by atoms with van der Waals surface area (Å²) in [4.78, 5) is 0. The van der Waals surface area contributed by atoms with Crippen LogP contribution in [0.3, 0.4) is 0 Å². The summed E-state index contributed by atoms with van der Waals surface area (Å²) < 4.78 is 281. The van der Waals surface area contributed by atoms with Gasteiger partial charge in [0.2, 0.25) is 0 Å². The van der Waals surface area contributed by atoms with Gasteiger partial charge in [-0.05, 0) is 0 Å². The quantitative estimate of drug-likeness (QED) is 0.199. The number of nitrogens with zero attached hydrogens (tertiary/aromatic N) is 2. The molecule has 0 aromatic heterocycles. The molecule has 0 amide bonds. The van der Waals surface area contributed by atoms with Crippen molar-refractivity contribution in [3.63, 3.8) is 0 Å². The summed E-state index contributed by atoms with van der Waals surface area (Å²) in [5, 5.41) is -14.3. The normalized spacial score (nSPS) is 16.1. The van der Waals surface area contributed by atoms with E-state index in [-0.39, 0.29) is 14.1 Å². The molecule has 27 heteroatoms. The van der Waals surface area contributed by atoms with Crippen LogP contribution in [0.1, 0.15) is 0 Å². The summed E-state index contributed by atoms with van der Waals surface area (Å²) in [6, 6.07) is 0. The van der Waals surface area contributed by atoms with Crippen LogP contribution in [0.4, 0.5) is 79.0 Å². The van der Waals surface area contributed by atoms with Crippen LogP contribution in [0, 0.1) is 0 Å². The molecule has 0 bridgehead atoms. The molecule has 248 valence electrons. The first-order valence-corrected chi connectivity index (χ1v) is 12.3. The minimum atomic E-state index is -7.60. The number of alkyl halides is 18. The van der Waals surface area contributed by atoms with Gasteiger partial charge in [0.1, 0.15) is 0 Å². The van der Waals surface area contributed by atoms with Crippen molar-refractivity contribution in [2.75, 3.05) is 40.4 Å². The van der Waals surface area contributed by atoms with Gasteiger partial charge in [0.05, 0.1) is 13.2 Å². The summed E-state index contributed by atoms with van der Waals surface area (Å²) >= 11 is 0. The van der Waals surface area contributed by atoms with Crippen LogP contribution in [0.5, 0.6) is 0 Å². The molecule has 0 radical (unpaired) electrons. The van der Waals surface area contributed by atoms with Crippen molar-refractivity contribution < 1.29 is 101 Å². The molecule has 0 aromatic carbocycles. The maximum Gasteiger partial charge on any atom is 0.460 e. The zero-order valence-corrected chi connectivity index (χ0v) is 21.0. The molecule has 0 saturated heterocycles.